The molecule has 1 fully saturated rings. The summed E-state index contributed by atoms with van der Waals surface area (Å²) in [6, 6.07) is 2.50. The Kier molecular flexibility index (Phi) is 7.93. The van der Waals surface area contributed by atoms with Crippen LogP contribution in [0.15, 0.2) is 30.7 Å². The highest BCUT2D eigenvalue weighted by Crippen LogP contribution is 2.26. The monoisotopic (exact) mass is 503 g/mol. The number of alkyl halides is 2. The molecule has 0 atom stereocenters. The highest BCUT2D eigenvalue weighted by Gasteiger charge is 2.24. The van der Waals surface area contributed by atoms with Gasteiger partial charge in [0.15, 0.2) is 11.4 Å². The van der Waals surface area contributed by atoms with Crippen molar-refractivity contribution >= 4 is 11.8 Å². The van der Waals surface area contributed by atoms with Crippen molar-refractivity contribution in [1.82, 2.24) is 45.6 Å². The molecule has 0 aromatic carbocycles. The van der Waals surface area contributed by atoms with Gasteiger partial charge in [-0.05, 0) is 25.0 Å². The lowest BCUT2D eigenvalue weighted by molar-refractivity contribution is -0.0299. The lowest BCUT2D eigenvalue weighted by Crippen LogP contribution is -2.39. The zero-order chi connectivity index (χ0) is 25.5. The molecule has 4 rings (SSSR count). The van der Waals surface area contributed by atoms with Gasteiger partial charge in [-0.1, -0.05) is 10.4 Å². The molecule has 0 spiro atoms. The van der Waals surface area contributed by atoms with E-state index >= 15 is 0 Å². The molecule has 0 aliphatic carbocycles. The number of nitrogens with one attached hydrogen (secondary N) is 2. The second-order valence-corrected chi connectivity index (χ2v) is 8.66. The van der Waals surface area contributed by atoms with Crippen molar-refractivity contribution in [3.63, 3.8) is 0 Å². The van der Waals surface area contributed by atoms with Crippen LogP contribution in [0.2, 0.25) is 0 Å². The first-order chi connectivity index (χ1) is 17.3. The number of hydrogen-bond donors (Lipinski definition) is 2. The van der Waals surface area contributed by atoms with Gasteiger partial charge in [0.25, 0.3) is 17.7 Å². The second kappa shape index (κ2) is 11.3. The fraction of sp³-hybridized carbons (Fsp3) is 0.500. The first kappa shape index (κ1) is 25.3. The number of carbonyl (C=O) groups excluding carboxylic acids is 2. The van der Waals surface area contributed by atoms with Crippen molar-refractivity contribution in [2.75, 3.05) is 19.8 Å². The number of rotatable bonds is 12. The summed E-state index contributed by atoms with van der Waals surface area (Å²) >= 11 is 0. The highest BCUT2D eigenvalue weighted by atomic mass is 19.3. The number of halogens is 2. The summed E-state index contributed by atoms with van der Waals surface area (Å²) in [5.41, 5.74) is 0.536. The Morgan fingerprint density at radius 1 is 1.06 bits per heavy atom. The van der Waals surface area contributed by atoms with E-state index in [2.05, 4.69) is 36.2 Å². The van der Waals surface area contributed by atoms with Crippen LogP contribution >= 0.6 is 0 Å². The minimum atomic E-state index is -2.99. The Morgan fingerprint density at radius 2 is 1.67 bits per heavy atom. The number of ether oxygens (including phenoxy) is 1. The van der Waals surface area contributed by atoms with Crippen LogP contribution in [0.1, 0.15) is 52.0 Å². The molecular weight excluding hydrogens is 476 g/mol. The normalized spacial score (nSPS) is 13.9. The average molecular weight is 504 g/mol. The molecule has 192 valence electrons. The maximum atomic E-state index is 13.5. The van der Waals surface area contributed by atoms with Crippen LogP contribution < -0.4 is 10.6 Å². The molecule has 14 heteroatoms. The minimum Gasteiger partial charge on any atom is -0.381 e. The highest BCUT2D eigenvalue weighted by molar-refractivity contribution is 5.92. The van der Waals surface area contributed by atoms with E-state index in [4.69, 9.17) is 4.74 Å². The molecule has 1 aliphatic heterocycles. The molecule has 0 bridgehead atoms. The van der Waals surface area contributed by atoms with Crippen LogP contribution in [0.3, 0.4) is 0 Å². The number of carbonyl (C=O) groups is 2. The van der Waals surface area contributed by atoms with Crippen LogP contribution in [0.5, 0.6) is 0 Å². The van der Waals surface area contributed by atoms with E-state index in [0.29, 0.717) is 44.5 Å². The van der Waals surface area contributed by atoms with Crippen molar-refractivity contribution < 1.29 is 23.1 Å². The summed E-state index contributed by atoms with van der Waals surface area (Å²) in [5.74, 6) is -3.36. The predicted octanol–water partition coefficient (Wildman–Crippen LogP) is 1.16. The number of amides is 2. The summed E-state index contributed by atoms with van der Waals surface area (Å²) in [7, 11) is 0. The van der Waals surface area contributed by atoms with E-state index in [1.807, 2.05) is 0 Å². The number of unbranched alkanes of at least 4 members (excludes halogenated alkanes) is 1. The molecule has 12 nitrogen and oxygen atoms in total. The maximum Gasteiger partial charge on any atom is 0.273 e. The van der Waals surface area contributed by atoms with Crippen LogP contribution in [-0.4, -0.2) is 66.5 Å². The lowest BCUT2D eigenvalue weighted by atomic mass is 10.1. The molecule has 0 saturated carbocycles. The molecule has 1 aliphatic rings. The summed E-state index contributed by atoms with van der Waals surface area (Å²) in [6.45, 7) is 3.79. The van der Waals surface area contributed by atoms with Gasteiger partial charge >= 0.3 is 0 Å². The third-order valence-electron chi connectivity index (χ3n) is 5.58. The van der Waals surface area contributed by atoms with Gasteiger partial charge in [-0.3, -0.25) is 23.9 Å². The number of aryl methyl sites for hydroxylation is 2. The summed E-state index contributed by atoms with van der Waals surface area (Å²) in [4.78, 5) is 28.4. The van der Waals surface area contributed by atoms with Crippen molar-refractivity contribution in [1.29, 1.82) is 0 Å². The predicted molar refractivity (Wildman–Crippen MR) is 121 cm³/mol. The quantitative estimate of drug-likeness (QED) is 0.351. The standard InChI is InChI=1S/C22H27F2N9O3/c1-22(23,24)16-4-5-25-17(8-16)10-27-21(35)19-12-33(31-29-19)7-3-2-6-32-11-18(28-30-32)20(34)26-9-15-13-36-14-15/h4-5,8,11-12,15H,2-3,6-7,9-10,13-14H2,1H3,(H,26,34)(H,27,35). The molecule has 2 N–H and O–H groups in total. The molecule has 36 heavy (non-hydrogen) atoms. The van der Waals surface area contributed by atoms with Gasteiger partial charge in [0.2, 0.25) is 0 Å². The zero-order valence-electron chi connectivity index (χ0n) is 19.7. The van der Waals surface area contributed by atoms with E-state index in [9.17, 15) is 18.4 Å². The Hall–Kier alpha value is -3.81. The average Bonchev–Trinajstić information content (AvgIpc) is 3.49. The molecule has 0 unspecified atom stereocenters. The Labute approximate surface area is 205 Å². The number of hydrogen-bond acceptors (Lipinski definition) is 8. The summed E-state index contributed by atoms with van der Waals surface area (Å²) in [6.07, 6.45) is 5.89. The van der Waals surface area contributed by atoms with E-state index in [1.54, 1.807) is 15.6 Å². The third-order valence-corrected chi connectivity index (χ3v) is 5.58. The topological polar surface area (TPSA) is 142 Å². The van der Waals surface area contributed by atoms with E-state index in [0.717, 1.165) is 19.8 Å². The lowest BCUT2D eigenvalue weighted by Gasteiger charge is -2.25. The van der Waals surface area contributed by atoms with Crippen molar-refractivity contribution in [3.05, 3.63) is 53.4 Å². The maximum absolute atomic E-state index is 13.5. The van der Waals surface area contributed by atoms with Crippen molar-refractivity contribution in [2.45, 2.75) is 45.3 Å². The SMILES string of the molecule is CC(F)(F)c1ccnc(CNC(=O)c2cn(CCCCn3cc(C(=O)NCC4COC4)nn3)nn2)c1. The third kappa shape index (κ3) is 6.87. The molecule has 3 aromatic heterocycles. The minimum absolute atomic E-state index is 0.0114. The molecule has 2 amide bonds. The second-order valence-electron chi connectivity index (χ2n) is 8.66. The van der Waals surface area contributed by atoms with Gasteiger partial charge in [0, 0.05) is 44.2 Å². The smallest absolute Gasteiger partial charge is 0.273 e. The molecule has 0 radical (unpaired) electrons. The van der Waals surface area contributed by atoms with Crippen LogP contribution in [0, 0.1) is 5.92 Å². The van der Waals surface area contributed by atoms with Crippen molar-refractivity contribution in [3.8, 4) is 0 Å². The molecule has 3 aromatic rings. The Bertz CT molecular complexity index is 1190. The molecule has 1 saturated heterocycles. The van der Waals surface area contributed by atoms with Gasteiger partial charge < -0.3 is 15.4 Å². The van der Waals surface area contributed by atoms with Gasteiger partial charge in [0.1, 0.15) is 0 Å². The summed E-state index contributed by atoms with van der Waals surface area (Å²) < 4.78 is 35.2. The molecule has 4 heterocycles. The van der Waals surface area contributed by atoms with Crippen LogP contribution in [0.25, 0.3) is 0 Å². The fourth-order valence-electron chi connectivity index (χ4n) is 3.41. The zero-order valence-corrected chi connectivity index (χ0v) is 19.7. The van der Waals surface area contributed by atoms with Gasteiger partial charge in [0.05, 0.1) is 37.8 Å². The van der Waals surface area contributed by atoms with Crippen LogP contribution in [-0.2, 0) is 30.3 Å². The fourth-order valence-corrected chi connectivity index (χ4v) is 3.41. The number of nitrogens with zero attached hydrogens (tertiary/aromatic N) is 7. The van der Waals surface area contributed by atoms with Gasteiger partial charge in [-0.2, -0.15) is 0 Å². The Balaban J connectivity index is 1.16. The van der Waals surface area contributed by atoms with E-state index in [1.165, 1.54) is 24.5 Å². The number of pyridine rings is 1. The Morgan fingerprint density at radius 3 is 2.22 bits per heavy atom. The van der Waals surface area contributed by atoms with Crippen molar-refractivity contribution in [2.24, 2.45) is 5.92 Å². The van der Waals surface area contributed by atoms with E-state index < -0.39 is 11.8 Å². The largest absolute Gasteiger partial charge is 0.381 e. The first-order valence-electron chi connectivity index (χ1n) is 11.6. The van der Waals surface area contributed by atoms with Gasteiger partial charge in [-0.15, -0.1) is 10.2 Å². The first-order valence-corrected chi connectivity index (χ1v) is 11.6. The number of aromatic nitrogens is 7. The van der Waals surface area contributed by atoms with E-state index in [-0.39, 0.29) is 29.4 Å². The van der Waals surface area contributed by atoms with Crippen LogP contribution in [0.4, 0.5) is 8.78 Å². The van der Waals surface area contributed by atoms with Gasteiger partial charge in [-0.25, -0.2) is 8.78 Å². The summed E-state index contributed by atoms with van der Waals surface area (Å²) in [5, 5.41) is 21.1. The molecular formula is C22H27F2N9O3.